The van der Waals surface area contributed by atoms with Crippen molar-refractivity contribution in [3.8, 4) is 0 Å². The predicted octanol–water partition coefficient (Wildman–Crippen LogP) is 4.35. The van der Waals surface area contributed by atoms with Gasteiger partial charge in [-0.05, 0) is 30.2 Å². The van der Waals surface area contributed by atoms with Crippen molar-refractivity contribution in [2.75, 3.05) is 11.5 Å². The summed E-state index contributed by atoms with van der Waals surface area (Å²) in [4.78, 5) is 33.4. The van der Waals surface area contributed by atoms with Gasteiger partial charge in [0.2, 0.25) is 11.9 Å². The van der Waals surface area contributed by atoms with E-state index >= 15 is 0 Å². The number of aromatic nitrogens is 2. The van der Waals surface area contributed by atoms with Crippen molar-refractivity contribution in [2.45, 2.75) is 19.5 Å². The molecule has 2 heterocycles. The van der Waals surface area contributed by atoms with E-state index in [1.54, 1.807) is 11.8 Å². The quantitative estimate of drug-likeness (QED) is 0.352. The molecule has 1 aliphatic heterocycles. The molecule has 1 amide bonds. The van der Waals surface area contributed by atoms with Crippen molar-refractivity contribution >= 4 is 28.9 Å². The smallest absolute Gasteiger partial charge is 0.321 e. The average Bonchev–Trinajstić information content (AvgIpc) is 3.21. The summed E-state index contributed by atoms with van der Waals surface area (Å²) in [5.74, 6) is -1.29. The number of anilines is 1. The highest BCUT2D eigenvalue weighted by molar-refractivity contribution is 6.08. The van der Waals surface area contributed by atoms with Crippen LogP contribution in [0.4, 0.5) is 5.95 Å². The standard InChI is InChI=1S/C26H23N3O3/c1-2-32-25(31)22-23(19-13-7-4-8-14-19)29-21-16-10-9-15-20(21)27-26(29)28(24(22)30)17-18-11-5-3-6-12-18/h3-16,22-23H,2,17H2,1H3/t22-,23-/m0/s1. The van der Waals surface area contributed by atoms with Crippen molar-refractivity contribution in [1.29, 1.82) is 0 Å². The largest absolute Gasteiger partial charge is 0.465 e. The molecule has 0 aliphatic carbocycles. The number of nitrogens with zero attached hydrogens (tertiary/aromatic N) is 3. The third kappa shape index (κ3) is 3.34. The van der Waals surface area contributed by atoms with E-state index in [4.69, 9.17) is 9.72 Å². The predicted molar refractivity (Wildman–Crippen MR) is 122 cm³/mol. The van der Waals surface area contributed by atoms with Gasteiger partial charge >= 0.3 is 5.97 Å². The van der Waals surface area contributed by atoms with E-state index in [1.165, 1.54) is 0 Å². The highest BCUT2D eigenvalue weighted by Gasteiger charge is 2.47. The molecule has 6 heteroatoms. The first kappa shape index (κ1) is 20.0. The van der Waals surface area contributed by atoms with E-state index in [-0.39, 0.29) is 12.5 Å². The maximum absolute atomic E-state index is 13.8. The summed E-state index contributed by atoms with van der Waals surface area (Å²) in [7, 11) is 0. The summed E-state index contributed by atoms with van der Waals surface area (Å²) in [6.45, 7) is 2.28. The van der Waals surface area contributed by atoms with Crippen LogP contribution in [0.2, 0.25) is 0 Å². The molecule has 0 spiro atoms. The topological polar surface area (TPSA) is 64.4 Å². The van der Waals surface area contributed by atoms with Gasteiger partial charge in [-0.15, -0.1) is 0 Å². The Morgan fingerprint density at radius 3 is 2.31 bits per heavy atom. The second-order valence-corrected chi connectivity index (χ2v) is 7.77. The molecule has 32 heavy (non-hydrogen) atoms. The van der Waals surface area contributed by atoms with Crippen LogP contribution in [0.1, 0.15) is 24.1 Å². The van der Waals surface area contributed by atoms with Gasteiger partial charge in [0.1, 0.15) is 0 Å². The lowest BCUT2D eigenvalue weighted by atomic mass is 9.89. The van der Waals surface area contributed by atoms with Gasteiger partial charge < -0.3 is 9.30 Å². The van der Waals surface area contributed by atoms with Crippen molar-refractivity contribution in [3.63, 3.8) is 0 Å². The Hall–Kier alpha value is -3.93. The highest BCUT2D eigenvalue weighted by Crippen LogP contribution is 2.41. The summed E-state index contributed by atoms with van der Waals surface area (Å²) in [6.07, 6.45) is 0. The lowest BCUT2D eigenvalue weighted by Gasteiger charge is -2.38. The first-order valence-corrected chi connectivity index (χ1v) is 10.7. The molecule has 1 aromatic heterocycles. The number of carbonyl (C=O) groups is 2. The van der Waals surface area contributed by atoms with Crippen LogP contribution in [-0.2, 0) is 20.9 Å². The normalized spacial score (nSPS) is 17.9. The number of hydrogen-bond donors (Lipinski definition) is 0. The van der Waals surface area contributed by atoms with Crippen LogP contribution in [0, 0.1) is 5.92 Å². The molecule has 0 unspecified atom stereocenters. The monoisotopic (exact) mass is 425 g/mol. The van der Waals surface area contributed by atoms with E-state index in [0.29, 0.717) is 12.5 Å². The molecule has 4 aromatic rings. The average molecular weight is 425 g/mol. The van der Waals surface area contributed by atoms with Crippen molar-refractivity contribution in [1.82, 2.24) is 9.55 Å². The lowest BCUT2D eigenvalue weighted by molar-refractivity contribution is -0.153. The fraction of sp³-hybridized carbons (Fsp3) is 0.192. The third-order valence-corrected chi connectivity index (χ3v) is 5.81. The molecule has 0 bridgehead atoms. The van der Waals surface area contributed by atoms with Gasteiger partial charge in [-0.1, -0.05) is 72.8 Å². The molecule has 0 saturated carbocycles. The van der Waals surface area contributed by atoms with Gasteiger partial charge in [0.15, 0.2) is 5.92 Å². The number of amides is 1. The molecule has 6 nitrogen and oxygen atoms in total. The Balaban J connectivity index is 1.75. The van der Waals surface area contributed by atoms with Crippen LogP contribution < -0.4 is 4.90 Å². The zero-order valence-corrected chi connectivity index (χ0v) is 17.7. The zero-order chi connectivity index (χ0) is 22.1. The maximum Gasteiger partial charge on any atom is 0.321 e. The van der Waals surface area contributed by atoms with Gasteiger partial charge in [0.25, 0.3) is 0 Å². The number of ether oxygens (including phenoxy) is 1. The Morgan fingerprint density at radius 1 is 0.938 bits per heavy atom. The summed E-state index contributed by atoms with van der Waals surface area (Å²) in [5, 5.41) is 0. The molecule has 3 aromatic carbocycles. The lowest BCUT2D eigenvalue weighted by Crippen LogP contribution is -2.49. The number of hydrogen-bond acceptors (Lipinski definition) is 4. The van der Waals surface area contributed by atoms with Crippen LogP contribution in [0.25, 0.3) is 11.0 Å². The van der Waals surface area contributed by atoms with E-state index < -0.39 is 17.9 Å². The van der Waals surface area contributed by atoms with Gasteiger partial charge in [0.05, 0.1) is 30.2 Å². The summed E-state index contributed by atoms with van der Waals surface area (Å²) >= 11 is 0. The van der Waals surface area contributed by atoms with Gasteiger partial charge in [0, 0.05) is 0 Å². The van der Waals surface area contributed by atoms with E-state index in [2.05, 4.69) is 0 Å². The van der Waals surface area contributed by atoms with Crippen LogP contribution in [0.15, 0.2) is 84.9 Å². The molecule has 0 N–H and O–H groups in total. The number of carbonyl (C=O) groups excluding carboxylic acids is 2. The van der Waals surface area contributed by atoms with Crippen LogP contribution in [-0.4, -0.2) is 28.0 Å². The molecule has 5 rings (SSSR count). The molecule has 0 fully saturated rings. The first-order valence-electron chi connectivity index (χ1n) is 10.7. The zero-order valence-electron chi connectivity index (χ0n) is 17.7. The number of para-hydroxylation sites is 2. The van der Waals surface area contributed by atoms with Crippen LogP contribution in [0.5, 0.6) is 0 Å². The Morgan fingerprint density at radius 2 is 1.59 bits per heavy atom. The van der Waals surface area contributed by atoms with E-state index in [1.807, 2.05) is 89.5 Å². The van der Waals surface area contributed by atoms with Crippen LogP contribution >= 0.6 is 0 Å². The third-order valence-electron chi connectivity index (χ3n) is 5.81. The van der Waals surface area contributed by atoms with Gasteiger partial charge in [-0.3, -0.25) is 14.5 Å². The molecule has 0 radical (unpaired) electrons. The molecular formula is C26H23N3O3. The first-order chi connectivity index (χ1) is 15.7. The van der Waals surface area contributed by atoms with E-state index in [0.717, 1.165) is 22.2 Å². The number of esters is 1. The number of benzene rings is 3. The fourth-order valence-electron chi connectivity index (χ4n) is 4.42. The van der Waals surface area contributed by atoms with Gasteiger partial charge in [-0.25, -0.2) is 4.98 Å². The summed E-state index contributed by atoms with van der Waals surface area (Å²) in [6, 6.07) is 26.6. The molecule has 160 valence electrons. The number of fused-ring (bicyclic) bond motifs is 3. The van der Waals surface area contributed by atoms with E-state index in [9.17, 15) is 9.59 Å². The van der Waals surface area contributed by atoms with Crippen molar-refractivity contribution < 1.29 is 14.3 Å². The van der Waals surface area contributed by atoms with Gasteiger partial charge in [-0.2, -0.15) is 0 Å². The Labute approximate surface area is 186 Å². The van der Waals surface area contributed by atoms with Crippen LogP contribution in [0.3, 0.4) is 0 Å². The summed E-state index contributed by atoms with van der Waals surface area (Å²) < 4.78 is 7.40. The maximum atomic E-state index is 13.8. The summed E-state index contributed by atoms with van der Waals surface area (Å²) in [5.41, 5.74) is 3.47. The number of rotatable bonds is 5. The Kier molecular flexibility index (Phi) is 5.19. The minimum atomic E-state index is -1.01. The minimum absolute atomic E-state index is 0.209. The molecule has 1 aliphatic rings. The Bertz CT molecular complexity index is 1270. The molecular weight excluding hydrogens is 402 g/mol. The second-order valence-electron chi connectivity index (χ2n) is 7.77. The SMILES string of the molecule is CCOC(=O)[C@@H]1C(=O)N(Cc2ccccc2)c2nc3ccccc3n2[C@H]1c1ccccc1. The highest BCUT2D eigenvalue weighted by atomic mass is 16.5. The fourth-order valence-corrected chi connectivity index (χ4v) is 4.42. The molecule has 2 atom stereocenters. The van der Waals surface area contributed by atoms with Crippen molar-refractivity contribution in [2.24, 2.45) is 5.92 Å². The number of imidazole rings is 1. The minimum Gasteiger partial charge on any atom is -0.465 e. The second kappa shape index (κ2) is 8.30. The molecule has 0 saturated heterocycles. The van der Waals surface area contributed by atoms with Crippen molar-refractivity contribution in [3.05, 3.63) is 96.1 Å².